The Balaban J connectivity index is 0.000000802. The first-order chi connectivity index (χ1) is 20.5. The van der Waals surface area contributed by atoms with Crippen LogP contribution in [0.3, 0.4) is 0 Å². The van der Waals surface area contributed by atoms with Crippen LogP contribution in [0.15, 0.2) is 0 Å². The van der Waals surface area contributed by atoms with E-state index in [1.165, 1.54) is 128 Å². The van der Waals surface area contributed by atoms with E-state index in [1.54, 1.807) is 0 Å². The van der Waals surface area contributed by atoms with E-state index in [1.807, 2.05) is 0 Å². The Kier molecular flexibility index (Phi) is 30.0. The molecule has 0 bridgehead atoms. The maximum absolute atomic E-state index is 10.3. The van der Waals surface area contributed by atoms with Crippen LogP contribution in [0.25, 0.3) is 0 Å². The minimum absolute atomic E-state index is 0. The standard InChI is InChI=1S/2C18H34O3.Mg/c2*1-2-3-4-5-7-10-13-16-17(21-16)14-11-8-6-9-12-15-18(19)20;/h2*16-17H,2-15H2,1H3,(H,19,20);/q;;+2/p-2. The first-order valence-electron chi connectivity index (χ1n) is 18.2. The molecule has 0 aromatic heterocycles. The molecule has 43 heavy (non-hydrogen) atoms. The van der Waals surface area contributed by atoms with Gasteiger partial charge in [0, 0.05) is 11.9 Å². The van der Waals surface area contributed by atoms with Gasteiger partial charge in [0.1, 0.15) is 0 Å². The van der Waals surface area contributed by atoms with E-state index in [9.17, 15) is 19.8 Å². The Bertz CT molecular complexity index is 591. The summed E-state index contributed by atoms with van der Waals surface area (Å²) in [5.41, 5.74) is 0. The molecule has 0 N–H and O–H groups in total. The van der Waals surface area contributed by atoms with Crippen LogP contribution in [0, 0.1) is 0 Å². The van der Waals surface area contributed by atoms with Crippen molar-refractivity contribution in [2.45, 2.75) is 218 Å². The maximum Gasteiger partial charge on any atom is 2.00 e. The average molecular weight is 619 g/mol. The molecular weight excluding hydrogens is 553 g/mol. The number of carbonyl (C=O) groups is 2. The fourth-order valence-corrected chi connectivity index (χ4v) is 5.92. The molecule has 2 rings (SSSR count). The summed E-state index contributed by atoms with van der Waals surface area (Å²) in [6.07, 6.45) is 34.5. The van der Waals surface area contributed by atoms with Crippen LogP contribution < -0.4 is 10.2 Å². The number of hydrogen-bond acceptors (Lipinski definition) is 6. The summed E-state index contributed by atoms with van der Waals surface area (Å²) in [4.78, 5) is 20.5. The molecule has 2 fully saturated rings. The van der Waals surface area contributed by atoms with Gasteiger partial charge < -0.3 is 29.3 Å². The predicted molar refractivity (Wildman–Crippen MR) is 174 cm³/mol. The third kappa shape index (κ3) is 28.8. The van der Waals surface area contributed by atoms with Crippen molar-refractivity contribution in [3.8, 4) is 0 Å². The van der Waals surface area contributed by atoms with Crippen molar-refractivity contribution >= 4 is 35.0 Å². The fourth-order valence-electron chi connectivity index (χ4n) is 5.92. The molecule has 0 saturated carbocycles. The van der Waals surface area contributed by atoms with Gasteiger partial charge >= 0.3 is 23.1 Å². The monoisotopic (exact) mass is 618 g/mol. The molecule has 4 atom stereocenters. The number of unbranched alkanes of at least 4 members (excludes halogenated alkanes) is 18. The van der Waals surface area contributed by atoms with Gasteiger partial charge in [-0.3, -0.25) is 0 Å². The van der Waals surface area contributed by atoms with Crippen molar-refractivity contribution in [2.75, 3.05) is 0 Å². The zero-order valence-electron chi connectivity index (χ0n) is 28.3. The van der Waals surface area contributed by atoms with Crippen LogP contribution in [-0.2, 0) is 19.1 Å². The zero-order valence-corrected chi connectivity index (χ0v) is 29.7. The summed E-state index contributed by atoms with van der Waals surface area (Å²) >= 11 is 0. The molecule has 0 aromatic rings. The average Bonchev–Trinajstić information content (AvgIpc) is 3.89. The van der Waals surface area contributed by atoms with E-state index in [4.69, 9.17) is 9.47 Å². The predicted octanol–water partition coefficient (Wildman–Crippen LogP) is 7.59. The number of carboxylic acids is 2. The molecule has 248 valence electrons. The zero-order chi connectivity index (χ0) is 30.7. The summed E-state index contributed by atoms with van der Waals surface area (Å²) in [5, 5.41) is 20.5. The first kappa shape index (κ1) is 42.6. The topological polar surface area (TPSA) is 105 Å². The number of hydrogen-bond donors (Lipinski definition) is 0. The van der Waals surface area contributed by atoms with Gasteiger partial charge in [-0.1, -0.05) is 142 Å². The molecular formula is C36H66MgO6. The van der Waals surface area contributed by atoms with Gasteiger partial charge in [-0.15, -0.1) is 0 Å². The number of aliphatic carboxylic acids is 2. The Morgan fingerprint density at radius 1 is 0.419 bits per heavy atom. The summed E-state index contributed by atoms with van der Waals surface area (Å²) in [5.74, 6) is -1.84. The molecule has 0 spiro atoms. The van der Waals surface area contributed by atoms with Crippen molar-refractivity contribution in [3.05, 3.63) is 0 Å². The molecule has 0 radical (unpaired) electrons. The van der Waals surface area contributed by atoms with Crippen molar-refractivity contribution < 1.29 is 29.3 Å². The van der Waals surface area contributed by atoms with Gasteiger partial charge in [0.15, 0.2) is 0 Å². The van der Waals surface area contributed by atoms with Crippen LogP contribution >= 0.6 is 0 Å². The van der Waals surface area contributed by atoms with E-state index >= 15 is 0 Å². The SMILES string of the molecule is CCCCCCCCC1OC1CCCCCCCC(=O)[O-].CCCCCCCCC1OC1CCCCCCCC(=O)[O-].[Mg+2]. The molecule has 0 amide bonds. The molecule has 2 aliphatic rings. The molecule has 4 unspecified atom stereocenters. The third-order valence-corrected chi connectivity index (χ3v) is 8.80. The first-order valence-corrected chi connectivity index (χ1v) is 18.2. The maximum atomic E-state index is 10.3. The van der Waals surface area contributed by atoms with Crippen molar-refractivity contribution in [1.29, 1.82) is 0 Å². The van der Waals surface area contributed by atoms with Crippen LogP contribution in [0.1, 0.15) is 194 Å². The third-order valence-electron chi connectivity index (χ3n) is 8.80. The van der Waals surface area contributed by atoms with E-state index in [0.717, 1.165) is 38.5 Å². The van der Waals surface area contributed by atoms with Gasteiger partial charge in [0.2, 0.25) is 0 Å². The number of rotatable bonds is 30. The molecule has 7 heteroatoms. The summed E-state index contributed by atoms with van der Waals surface area (Å²) < 4.78 is 11.4. The van der Waals surface area contributed by atoms with E-state index in [-0.39, 0.29) is 35.9 Å². The number of carboxylic acid groups (broad SMARTS) is 2. The largest absolute Gasteiger partial charge is 2.00 e. The van der Waals surface area contributed by atoms with E-state index in [2.05, 4.69) is 13.8 Å². The second kappa shape index (κ2) is 30.3. The normalized spacial score (nSPS) is 20.1. The minimum Gasteiger partial charge on any atom is -0.550 e. The van der Waals surface area contributed by atoms with Gasteiger partial charge in [-0.05, 0) is 51.4 Å². The van der Waals surface area contributed by atoms with Gasteiger partial charge in [0.25, 0.3) is 0 Å². The number of carbonyl (C=O) groups excluding carboxylic acids is 2. The van der Waals surface area contributed by atoms with Crippen molar-refractivity contribution in [1.82, 2.24) is 0 Å². The molecule has 0 aliphatic carbocycles. The van der Waals surface area contributed by atoms with E-state index < -0.39 is 11.9 Å². The smallest absolute Gasteiger partial charge is 0.550 e. The number of epoxide rings is 2. The molecule has 6 nitrogen and oxygen atoms in total. The van der Waals surface area contributed by atoms with Crippen molar-refractivity contribution in [2.24, 2.45) is 0 Å². The Morgan fingerprint density at radius 3 is 0.907 bits per heavy atom. The molecule has 2 heterocycles. The van der Waals surface area contributed by atoms with Gasteiger partial charge in [0.05, 0.1) is 24.4 Å². The minimum atomic E-state index is -0.918. The molecule has 2 aliphatic heterocycles. The molecule has 0 aromatic carbocycles. The Hall–Kier alpha value is -0.374. The fraction of sp³-hybridized carbons (Fsp3) is 0.944. The second-order valence-corrected chi connectivity index (χ2v) is 12.9. The van der Waals surface area contributed by atoms with Crippen LogP contribution in [0.4, 0.5) is 0 Å². The molecule has 2 saturated heterocycles. The van der Waals surface area contributed by atoms with Crippen LogP contribution in [-0.4, -0.2) is 59.4 Å². The van der Waals surface area contributed by atoms with Gasteiger partial charge in [-0.25, -0.2) is 0 Å². The second-order valence-electron chi connectivity index (χ2n) is 12.9. The summed E-state index contributed by atoms with van der Waals surface area (Å²) in [6, 6.07) is 0. The Morgan fingerprint density at radius 2 is 0.651 bits per heavy atom. The number of ether oxygens (including phenoxy) is 2. The summed E-state index contributed by atoms with van der Waals surface area (Å²) in [7, 11) is 0. The van der Waals surface area contributed by atoms with Crippen molar-refractivity contribution in [3.63, 3.8) is 0 Å². The van der Waals surface area contributed by atoms with Crippen LogP contribution in [0.5, 0.6) is 0 Å². The van der Waals surface area contributed by atoms with Gasteiger partial charge in [-0.2, -0.15) is 0 Å². The summed E-state index contributed by atoms with van der Waals surface area (Å²) in [6.45, 7) is 4.51. The quantitative estimate of drug-likeness (QED) is 0.0466. The Labute approximate surface area is 281 Å². The van der Waals surface area contributed by atoms with E-state index in [0.29, 0.717) is 24.4 Å². The van der Waals surface area contributed by atoms with Crippen LogP contribution in [0.2, 0.25) is 0 Å².